The molecule has 0 aliphatic carbocycles. The van der Waals surface area contributed by atoms with Gasteiger partial charge in [0.15, 0.2) is 14.6 Å². The number of aromatic nitrogens is 1. The molecule has 2 amide bonds. The second-order valence-electron chi connectivity index (χ2n) is 8.24. The van der Waals surface area contributed by atoms with E-state index in [0.29, 0.717) is 23.2 Å². The summed E-state index contributed by atoms with van der Waals surface area (Å²) in [5.74, 6) is 2.95. The molecule has 1 aromatic heterocycles. The molecule has 0 saturated heterocycles. The second kappa shape index (κ2) is 11.9. The normalized spacial score (nSPS) is 14.4. The van der Waals surface area contributed by atoms with Crippen molar-refractivity contribution < 1.29 is 23.2 Å². The van der Waals surface area contributed by atoms with Crippen LogP contribution in [0.4, 0.5) is 0 Å². The molecule has 2 aromatic rings. The standard InChI is InChI=1S/C24H32N4O5S/c1-4-14-24(23(30)27-25,34(3,32)33)16-20-17(2)13-15-26-21(20)19(22(29)28-31)12-8-11-18-9-6-5-7-10-18/h5-11,13,15,19,31H,4,12,14,16,25H2,1-3H3,(H,27,30)(H,28,29)/b11-8+/t19-,24+/m0/s1. The van der Waals surface area contributed by atoms with Crippen molar-refractivity contribution in [2.24, 2.45) is 5.84 Å². The highest BCUT2D eigenvalue weighted by molar-refractivity contribution is 7.92. The van der Waals surface area contributed by atoms with Gasteiger partial charge in [0.05, 0.1) is 11.6 Å². The number of hydrogen-bond donors (Lipinski definition) is 4. The van der Waals surface area contributed by atoms with Gasteiger partial charge in [-0.05, 0) is 42.5 Å². The summed E-state index contributed by atoms with van der Waals surface area (Å²) in [6.07, 6.45) is 6.56. The Morgan fingerprint density at radius 1 is 1.24 bits per heavy atom. The lowest BCUT2D eigenvalue weighted by atomic mass is 9.86. The molecule has 0 spiro atoms. The molecule has 1 aromatic carbocycles. The molecule has 0 unspecified atom stereocenters. The zero-order valence-corrected chi connectivity index (χ0v) is 20.4. The van der Waals surface area contributed by atoms with Gasteiger partial charge in [-0.2, -0.15) is 0 Å². The quantitative estimate of drug-likeness (QED) is 0.164. The topological polar surface area (TPSA) is 151 Å². The molecule has 34 heavy (non-hydrogen) atoms. The summed E-state index contributed by atoms with van der Waals surface area (Å²) in [7, 11) is -3.92. The Balaban J connectivity index is 2.59. The molecule has 0 bridgehead atoms. The van der Waals surface area contributed by atoms with E-state index < -0.39 is 32.3 Å². The average molecular weight is 489 g/mol. The van der Waals surface area contributed by atoms with Crippen LogP contribution in [0.5, 0.6) is 0 Å². The lowest BCUT2D eigenvalue weighted by Crippen LogP contribution is -2.55. The Hall–Kier alpha value is -3.08. The van der Waals surface area contributed by atoms with Crippen molar-refractivity contribution in [3.8, 4) is 0 Å². The fourth-order valence-electron chi connectivity index (χ4n) is 4.05. The van der Waals surface area contributed by atoms with E-state index in [1.807, 2.05) is 41.8 Å². The Bertz CT molecular complexity index is 1140. The number of benzene rings is 1. The number of hydrazine groups is 1. The molecule has 0 aliphatic rings. The summed E-state index contributed by atoms with van der Waals surface area (Å²) in [6, 6.07) is 11.2. The van der Waals surface area contributed by atoms with Crippen molar-refractivity contribution in [2.75, 3.05) is 6.26 Å². The summed E-state index contributed by atoms with van der Waals surface area (Å²) in [5.41, 5.74) is 6.02. The Morgan fingerprint density at radius 3 is 2.47 bits per heavy atom. The van der Waals surface area contributed by atoms with Gasteiger partial charge in [-0.1, -0.05) is 55.8 Å². The highest BCUT2D eigenvalue weighted by atomic mass is 32.2. The molecule has 10 heteroatoms. The number of nitrogens with zero attached hydrogens (tertiary/aromatic N) is 1. The summed E-state index contributed by atoms with van der Waals surface area (Å²) in [5, 5.41) is 9.39. The van der Waals surface area contributed by atoms with Crippen molar-refractivity contribution in [3.05, 3.63) is 71.1 Å². The van der Waals surface area contributed by atoms with Crippen LogP contribution in [0.1, 0.15) is 54.5 Å². The third-order valence-corrected chi connectivity index (χ3v) is 7.89. The third kappa shape index (κ3) is 6.07. The van der Waals surface area contributed by atoms with Gasteiger partial charge >= 0.3 is 0 Å². The maximum absolute atomic E-state index is 12.9. The van der Waals surface area contributed by atoms with Crippen molar-refractivity contribution in [1.82, 2.24) is 15.9 Å². The summed E-state index contributed by atoms with van der Waals surface area (Å²) >= 11 is 0. The van der Waals surface area contributed by atoms with Gasteiger partial charge in [-0.3, -0.25) is 25.2 Å². The largest absolute Gasteiger partial charge is 0.293 e. The van der Waals surface area contributed by atoms with Gasteiger partial charge in [0, 0.05) is 18.9 Å². The molecule has 5 N–H and O–H groups in total. The minimum atomic E-state index is -3.92. The van der Waals surface area contributed by atoms with Gasteiger partial charge in [0.1, 0.15) is 0 Å². The summed E-state index contributed by atoms with van der Waals surface area (Å²) in [4.78, 5) is 29.8. The number of hydrogen-bond acceptors (Lipinski definition) is 7. The molecule has 0 radical (unpaired) electrons. The molecular weight excluding hydrogens is 456 g/mol. The lowest BCUT2D eigenvalue weighted by molar-refractivity contribution is -0.130. The van der Waals surface area contributed by atoms with Gasteiger partial charge in [-0.25, -0.2) is 19.7 Å². The predicted octanol–water partition coefficient (Wildman–Crippen LogP) is 2.20. The van der Waals surface area contributed by atoms with Crippen LogP contribution in [0, 0.1) is 6.92 Å². The van der Waals surface area contributed by atoms with Crippen LogP contribution in [0.25, 0.3) is 6.08 Å². The van der Waals surface area contributed by atoms with Crippen LogP contribution in [0.15, 0.2) is 48.7 Å². The van der Waals surface area contributed by atoms with E-state index in [1.54, 1.807) is 31.5 Å². The SMILES string of the molecule is CCC[C@@](Cc1c(C)ccnc1[C@H](C/C=C/c1ccccc1)C(=O)NO)(C(=O)NN)S(C)(=O)=O. The molecule has 2 atom stereocenters. The number of amides is 2. The van der Waals surface area contributed by atoms with Gasteiger partial charge in [0.25, 0.3) is 11.8 Å². The van der Waals surface area contributed by atoms with E-state index in [9.17, 15) is 23.2 Å². The summed E-state index contributed by atoms with van der Waals surface area (Å²) in [6.45, 7) is 3.53. The zero-order chi connectivity index (χ0) is 25.4. The number of hydroxylamine groups is 1. The van der Waals surface area contributed by atoms with E-state index in [2.05, 4.69) is 4.98 Å². The first-order valence-electron chi connectivity index (χ1n) is 10.9. The Kier molecular flexibility index (Phi) is 9.48. The first-order chi connectivity index (χ1) is 16.1. The van der Waals surface area contributed by atoms with E-state index in [-0.39, 0.29) is 19.3 Å². The number of sulfone groups is 1. The van der Waals surface area contributed by atoms with E-state index in [0.717, 1.165) is 11.8 Å². The average Bonchev–Trinajstić information content (AvgIpc) is 2.81. The van der Waals surface area contributed by atoms with Gasteiger partial charge < -0.3 is 0 Å². The molecule has 184 valence electrons. The first-order valence-corrected chi connectivity index (χ1v) is 12.8. The molecule has 2 rings (SSSR count). The minimum absolute atomic E-state index is 0.0351. The minimum Gasteiger partial charge on any atom is -0.293 e. The molecule has 0 saturated carbocycles. The van der Waals surface area contributed by atoms with Crippen LogP contribution >= 0.6 is 0 Å². The van der Waals surface area contributed by atoms with E-state index in [4.69, 9.17) is 5.84 Å². The first kappa shape index (κ1) is 27.2. The highest BCUT2D eigenvalue weighted by Crippen LogP contribution is 2.33. The fraction of sp³-hybridized carbons (Fsp3) is 0.375. The number of pyridine rings is 1. The number of aryl methyl sites for hydroxylation is 1. The van der Waals surface area contributed by atoms with E-state index in [1.165, 1.54) is 6.20 Å². The third-order valence-electron chi connectivity index (χ3n) is 5.93. The van der Waals surface area contributed by atoms with Gasteiger partial charge in [0.2, 0.25) is 0 Å². The maximum atomic E-state index is 12.9. The monoisotopic (exact) mass is 488 g/mol. The smallest absolute Gasteiger partial charge is 0.255 e. The Morgan fingerprint density at radius 2 is 1.91 bits per heavy atom. The fourth-order valence-corrected chi connectivity index (χ4v) is 5.43. The van der Waals surface area contributed by atoms with Crippen LogP contribution in [0.2, 0.25) is 0 Å². The van der Waals surface area contributed by atoms with Crippen LogP contribution in [0.3, 0.4) is 0 Å². The number of rotatable bonds is 11. The van der Waals surface area contributed by atoms with Crippen molar-refractivity contribution >= 4 is 27.7 Å². The van der Waals surface area contributed by atoms with Crippen molar-refractivity contribution in [2.45, 2.75) is 50.2 Å². The molecular formula is C24H32N4O5S. The van der Waals surface area contributed by atoms with Crippen molar-refractivity contribution in [3.63, 3.8) is 0 Å². The van der Waals surface area contributed by atoms with E-state index >= 15 is 0 Å². The molecule has 0 aliphatic heterocycles. The summed E-state index contributed by atoms with van der Waals surface area (Å²) < 4.78 is 24.0. The second-order valence-corrected chi connectivity index (χ2v) is 10.6. The number of carbonyl (C=O) groups is 2. The molecule has 1 heterocycles. The van der Waals surface area contributed by atoms with Crippen LogP contribution in [-0.2, 0) is 25.8 Å². The van der Waals surface area contributed by atoms with Crippen LogP contribution in [-0.4, -0.2) is 41.4 Å². The van der Waals surface area contributed by atoms with Gasteiger partial charge in [-0.15, -0.1) is 0 Å². The highest BCUT2D eigenvalue weighted by Gasteiger charge is 2.48. The predicted molar refractivity (Wildman–Crippen MR) is 130 cm³/mol. The van der Waals surface area contributed by atoms with Crippen molar-refractivity contribution in [1.29, 1.82) is 0 Å². The zero-order valence-electron chi connectivity index (χ0n) is 19.6. The maximum Gasteiger partial charge on any atom is 0.255 e. The molecule has 0 fully saturated rings. The Labute approximate surface area is 200 Å². The number of allylic oxidation sites excluding steroid dienone is 1. The number of nitrogens with two attached hydrogens (primary N) is 1. The van der Waals surface area contributed by atoms with Crippen LogP contribution < -0.4 is 16.7 Å². The number of nitrogens with one attached hydrogen (secondary N) is 2. The number of carbonyl (C=O) groups excluding carboxylic acids is 2. The lowest BCUT2D eigenvalue weighted by Gasteiger charge is -2.31. The molecule has 9 nitrogen and oxygen atoms in total.